The third-order valence-corrected chi connectivity index (χ3v) is 3.43. The zero-order valence-corrected chi connectivity index (χ0v) is 9.88. The van der Waals surface area contributed by atoms with Gasteiger partial charge >= 0.3 is 0 Å². The lowest BCUT2D eigenvalue weighted by atomic mass is 10.3. The minimum absolute atomic E-state index is 0.548. The van der Waals surface area contributed by atoms with Crippen molar-refractivity contribution in [1.82, 2.24) is 9.97 Å². The Morgan fingerprint density at radius 1 is 1.12 bits per heavy atom. The Labute approximate surface area is 101 Å². The monoisotopic (exact) mass is 231 g/mol. The second-order valence-corrected chi connectivity index (χ2v) is 5.23. The maximum atomic E-state index is 10.6. The largest absolute Gasteiger partial charge is 0.340 e. The van der Waals surface area contributed by atoms with Gasteiger partial charge in [0, 0.05) is 25.5 Å². The van der Waals surface area contributed by atoms with Gasteiger partial charge in [-0.05, 0) is 37.5 Å². The van der Waals surface area contributed by atoms with E-state index in [1.165, 1.54) is 25.7 Å². The molecule has 3 rings (SSSR count). The third kappa shape index (κ3) is 2.81. The van der Waals surface area contributed by atoms with E-state index in [4.69, 9.17) is 0 Å². The summed E-state index contributed by atoms with van der Waals surface area (Å²) < 4.78 is 0. The van der Waals surface area contributed by atoms with Crippen LogP contribution in [0.5, 0.6) is 0 Å². The fraction of sp³-hybridized carbons (Fsp3) is 0.615. The molecular formula is C13H17N3O. The number of rotatable bonds is 6. The predicted molar refractivity (Wildman–Crippen MR) is 65.1 cm³/mol. The molecule has 1 aromatic heterocycles. The van der Waals surface area contributed by atoms with Crippen molar-refractivity contribution >= 4 is 12.2 Å². The van der Waals surface area contributed by atoms with Crippen LogP contribution in [0, 0.1) is 11.8 Å². The first-order valence-corrected chi connectivity index (χ1v) is 6.37. The minimum atomic E-state index is 0.548. The highest BCUT2D eigenvalue weighted by molar-refractivity contribution is 5.73. The lowest BCUT2D eigenvalue weighted by Gasteiger charge is -2.22. The van der Waals surface area contributed by atoms with Crippen molar-refractivity contribution < 1.29 is 4.79 Å². The Morgan fingerprint density at radius 3 is 2.06 bits per heavy atom. The first kappa shape index (κ1) is 10.7. The average Bonchev–Trinajstić information content (AvgIpc) is 3.23. The molecule has 0 bridgehead atoms. The van der Waals surface area contributed by atoms with E-state index < -0.39 is 0 Å². The summed E-state index contributed by atoms with van der Waals surface area (Å²) in [7, 11) is 0. The van der Waals surface area contributed by atoms with Gasteiger partial charge in [-0.15, -0.1) is 0 Å². The average molecular weight is 231 g/mol. The molecule has 2 aliphatic carbocycles. The molecule has 2 aliphatic rings. The second-order valence-electron chi connectivity index (χ2n) is 5.23. The van der Waals surface area contributed by atoms with E-state index in [1.807, 2.05) is 0 Å². The van der Waals surface area contributed by atoms with E-state index in [-0.39, 0.29) is 0 Å². The molecule has 0 atom stereocenters. The van der Waals surface area contributed by atoms with Crippen LogP contribution < -0.4 is 4.90 Å². The zero-order valence-electron chi connectivity index (χ0n) is 9.88. The number of carbonyl (C=O) groups excluding carboxylic acids is 1. The van der Waals surface area contributed by atoms with Crippen LogP contribution in [0.1, 0.15) is 36.0 Å². The molecule has 0 aliphatic heterocycles. The first-order valence-electron chi connectivity index (χ1n) is 6.37. The van der Waals surface area contributed by atoms with Crippen molar-refractivity contribution in [1.29, 1.82) is 0 Å². The van der Waals surface area contributed by atoms with Gasteiger partial charge in [-0.1, -0.05) is 0 Å². The van der Waals surface area contributed by atoms with Gasteiger partial charge in [0.15, 0.2) is 6.29 Å². The normalized spacial score (nSPS) is 19.1. The van der Waals surface area contributed by atoms with Crippen LogP contribution in [-0.2, 0) is 0 Å². The Kier molecular flexibility index (Phi) is 2.79. The van der Waals surface area contributed by atoms with E-state index in [1.54, 1.807) is 12.4 Å². The fourth-order valence-electron chi connectivity index (χ4n) is 2.02. The van der Waals surface area contributed by atoms with Crippen molar-refractivity contribution in [3.05, 3.63) is 18.0 Å². The highest BCUT2D eigenvalue weighted by Crippen LogP contribution is 2.34. The molecule has 17 heavy (non-hydrogen) atoms. The summed E-state index contributed by atoms with van der Waals surface area (Å²) in [6.07, 6.45) is 9.38. The van der Waals surface area contributed by atoms with E-state index in [0.717, 1.165) is 37.2 Å². The van der Waals surface area contributed by atoms with E-state index in [9.17, 15) is 4.79 Å². The lowest BCUT2D eigenvalue weighted by molar-refractivity contribution is 0.112. The van der Waals surface area contributed by atoms with Crippen LogP contribution in [0.15, 0.2) is 12.4 Å². The van der Waals surface area contributed by atoms with Gasteiger partial charge < -0.3 is 4.90 Å². The maximum Gasteiger partial charge on any atom is 0.225 e. The van der Waals surface area contributed by atoms with Gasteiger partial charge in [-0.25, -0.2) is 9.97 Å². The molecule has 2 fully saturated rings. The number of hydrogen-bond donors (Lipinski definition) is 0. The van der Waals surface area contributed by atoms with Crippen molar-refractivity contribution in [3.8, 4) is 0 Å². The maximum absolute atomic E-state index is 10.6. The summed E-state index contributed by atoms with van der Waals surface area (Å²) >= 11 is 0. The molecule has 0 saturated heterocycles. The molecule has 0 amide bonds. The van der Waals surface area contributed by atoms with Crippen LogP contribution in [0.2, 0.25) is 0 Å². The van der Waals surface area contributed by atoms with Crippen molar-refractivity contribution in [3.63, 3.8) is 0 Å². The zero-order chi connectivity index (χ0) is 11.7. The van der Waals surface area contributed by atoms with Crippen molar-refractivity contribution in [2.24, 2.45) is 11.8 Å². The third-order valence-electron chi connectivity index (χ3n) is 3.43. The molecule has 0 spiro atoms. The number of anilines is 1. The Hall–Kier alpha value is -1.45. The number of nitrogens with zero attached hydrogens (tertiary/aromatic N) is 3. The van der Waals surface area contributed by atoms with Gasteiger partial charge in [-0.2, -0.15) is 0 Å². The van der Waals surface area contributed by atoms with Crippen LogP contribution >= 0.6 is 0 Å². The van der Waals surface area contributed by atoms with E-state index >= 15 is 0 Å². The van der Waals surface area contributed by atoms with E-state index in [0.29, 0.717) is 5.56 Å². The van der Waals surface area contributed by atoms with Crippen LogP contribution in [-0.4, -0.2) is 29.3 Å². The quantitative estimate of drug-likeness (QED) is 0.702. The summed E-state index contributed by atoms with van der Waals surface area (Å²) in [4.78, 5) is 21.5. The molecule has 4 heteroatoms. The Balaban J connectivity index is 1.71. The molecule has 90 valence electrons. The van der Waals surface area contributed by atoms with Gasteiger partial charge in [0.1, 0.15) is 0 Å². The smallest absolute Gasteiger partial charge is 0.225 e. The number of aldehydes is 1. The molecule has 0 N–H and O–H groups in total. The Bertz CT molecular complexity index is 382. The topological polar surface area (TPSA) is 46.1 Å². The molecule has 0 radical (unpaired) electrons. The molecular weight excluding hydrogens is 214 g/mol. The standard InChI is InChI=1S/C13H17N3O/c17-9-12-5-14-13(15-6-12)16(7-10-1-2-10)8-11-3-4-11/h5-6,9-11H,1-4,7-8H2. The number of hydrogen-bond acceptors (Lipinski definition) is 4. The van der Waals surface area contributed by atoms with Gasteiger partial charge in [-0.3, -0.25) is 4.79 Å². The molecule has 0 aromatic carbocycles. The van der Waals surface area contributed by atoms with Gasteiger partial charge in [0.2, 0.25) is 5.95 Å². The van der Waals surface area contributed by atoms with Crippen molar-refractivity contribution in [2.45, 2.75) is 25.7 Å². The number of aromatic nitrogens is 2. The van der Waals surface area contributed by atoms with Gasteiger partial charge in [0.25, 0.3) is 0 Å². The highest BCUT2D eigenvalue weighted by Gasteiger charge is 2.30. The highest BCUT2D eigenvalue weighted by atomic mass is 16.1. The molecule has 4 nitrogen and oxygen atoms in total. The summed E-state index contributed by atoms with van der Waals surface area (Å²) in [5.41, 5.74) is 0.548. The van der Waals surface area contributed by atoms with Crippen LogP contribution in [0.3, 0.4) is 0 Å². The summed E-state index contributed by atoms with van der Waals surface area (Å²) in [5.74, 6) is 2.46. The minimum Gasteiger partial charge on any atom is -0.340 e. The van der Waals surface area contributed by atoms with E-state index in [2.05, 4.69) is 14.9 Å². The first-order chi connectivity index (χ1) is 8.35. The lowest BCUT2D eigenvalue weighted by Crippen LogP contribution is -2.29. The van der Waals surface area contributed by atoms with Gasteiger partial charge in [0.05, 0.1) is 5.56 Å². The number of carbonyl (C=O) groups is 1. The van der Waals surface area contributed by atoms with Crippen molar-refractivity contribution in [2.75, 3.05) is 18.0 Å². The second kappa shape index (κ2) is 4.43. The molecule has 0 unspecified atom stereocenters. The summed E-state index contributed by atoms with van der Waals surface area (Å²) in [6, 6.07) is 0. The van der Waals surface area contributed by atoms with Crippen LogP contribution in [0.25, 0.3) is 0 Å². The molecule has 1 aromatic rings. The summed E-state index contributed by atoms with van der Waals surface area (Å²) in [6.45, 7) is 2.16. The predicted octanol–water partition coefficient (Wildman–Crippen LogP) is 1.92. The SMILES string of the molecule is O=Cc1cnc(N(CC2CC2)CC2CC2)nc1. The Morgan fingerprint density at radius 2 is 1.65 bits per heavy atom. The van der Waals surface area contributed by atoms with Crippen LogP contribution in [0.4, 0.5) is 5.95 Å². The molecule has 2 saturated carbocycles. The fourth-order valence-corrected chi connectivity index (χ4v) is 2.02. The summed E-state index contributed by atoms with van der Waals surface area (Å²) in [5, 5.41) is 0. The molecule has 1 heterocycles.